The molecule has 2 rings (SSSR count). The van der Waals surface area contributed by atoms with Crippen LogP contribution in [0.15, 0.2) is 0 Å². The second-order valence-corrected chi connectivity index (χ2v) is 8.79. The van der Waals surface area contributed by atoms with Gasteiger partial charge in [-0.15, -0.1) is 0 Å². The average molecular weight is 327 g/mol. The van der Waals surface area contributed by atoms with Crippen LogP contribution in [0.25, 0.3) is 0 Å². The van der Waals surface area contributed by atoms with Crippen molar-refractivity contribution in [3.63, 3.8) is 0 Å². The molecule has 0 amide bonds. The molecule has 0 N–H and O–H groups in total. The summed E-state index contributed by atoms with van der Waals surface area (Å²) in [6, 6.07) is 0. The van der Waals surface area contributed by atoms with E-state index in [-0.39, 0.29) is 0 Å². The molecule has 0 heteroatoms. The molecule has 0 heterocycles. The van der Waals surface area contributed by atoms with Gasteiger partial charge >= 0.3 is 0 Å². The second kappa shape index (κ2) is 14.4. The van der Waals surface area contributed by atoms with Crippen molar-refractivity contribution >= 4 is 0 Å². The lowest BCUT2D eigenvalue weighted by Gasteiger charge is -2.48. The van der Waals surface area contributed by atoms with E-state index < -0.39 is 0 Å². The van der Waals surface area contributed by atoms with Crippen molar-refractivity contribution in [2.45, 2.75) is 121 Å². The third-order valence-electron chi connectivity index (χ3n) is 5.62. The highest BCUT2D eigenvalue weighted by molar-refractivity contribution is 4.90. The van der Waals surface area contributed by atoms with Gasteiger partial charge in [0.05, 0.1) is 0 Å². The van der Waals surface area contributed by atoms with E-state index >= 15 is 0 Å². The molecule has 2 fully saturated rings. The monoisotopic (exact) mass is 326 g/mol. The molecule has 23 heavy (non-hydrogen) atoms. The smallest absolute Gasteiger partial charge is 0.0334 e. The Hall–Kier alpha value is 0. The van der Waals surface area contributed by atoms with E-state index in [4.69, 9.17) is 0 Å². The van der Waals surface area contributed by atoms with Gasteiger partial charge < -0.3 is 0 Å². The average Bonchev–Trinajstić information content (AvgIpc) is 2.50. The summed E-state index contributed by atoms with van der Waals surface area (Å²) < 4.78 is 0. The van der Waals surface area contributed by atoms with E-state index in [1.165, 1.54) is 51.4 Å². The normalized spacial score (nSPS) is 26.1. The van der Waals surface area contributed by atoms with Crippen molar-refractivity contribution in [1.29, 1.82) is 0 Å². The first kappa shape index (κ1) is 25.2. The highest BCUT2D eigenvalue weighted by Crippen LogP contribution is 2.49. The fourth-order valence-corrected chi connectivity index (χ4v) is 3.29. The van der Waals surface area contributed by atoms with Crippen molar-refractivity contribution in [3.05, 3.63) is 0 Å². The summed E-state index contributed by atoms with van der Waals surface area (Å²) in [5.74, 6) is 3.97. The summed E-state index contributed by atoms with van der Waals surface area (Å²) in [7, 11) is 0. The largest absolute Gasteiger partial charge is 0.0683 e. The van der Waals surface area contributed by atoms with E-state index in [1.54, 1.807) is 0 Å². The van der Waals surface area contributed by atoms with E-state index in [2.05, 4.69) is 55.4 Å². The summed E-state index contributed by atoms with van der Waals surface area (Å²) in [6.07, 6.45) is 11.4. The molecular formula is C23H50. The van der Waals surface area contributed by atoms with Gasteiger partial charge in [-0.3, -0.25) is 0 Å². The van der Waals surface area contributed by atoms with Gasteiger partial charge in [0.15, 0.2) is 0 Å². The molecule has 3 atom stereocenters. The van der Waals surface area contributed by atoms with E-state index in [0.29, 0.717) is 5.41 Å². The van der Waals surface area contributed by atoms with Crippen LogP contribution in [0, 0.1) is 29.1 Å². The van der Waals surface area contributed by atoms with Gasteiger partial charge in [0.2, 0.25) is 0 Å². The Labute approximate surface area is 150 Å². The Morgan fingerprint density at radius 3 is 1.30 bits per heavy atom. The minimum absolute atomic E-state index is 0.548. The lowest BCUT2D eigenvalue weighted by atomic mass is 9.57. The van der Waals surface area contributed by atoms with Crippen molar-refractivity contribution in [2.75, 3.05) is 0 Å². The van der Waals surface area contributed by atoms with Crippen LogP contribution in [0.5, 0.6) is 0 Å². The van der Waals surface area contributed by atoms with Crippen LogP contribution in [0.3, 0.4) is 0 Å². The summed E-state index contributed by atoms with van der Waals surface area (Å²) in [6.45, 7) is 22.6. The summed E-state index contributed by atoms with van der Waals surface area (Å²) in [4.78, 5) is 0. The van der Waals surface area contributed by atoms with Crippen LogP contribution in [0.1, 0.15) is 121 Å². The minimum Gasteiger partial charge on any atom is -0.0683 e. The molecule has 2 aliphatic carbocycles. The lowest BCUT2D eigenvalue weighted by molar-refractivity contribution is 0.0103. The molecule has 3 unspecified atom stereocenters. The molecule has 2 aliphatic rings. The predicted molar refractivity (Wildman–Crippen MR) is 110 cm³/mol. The molecular weight excluding hydrogens is 276 g/mol. The minimum atomic E-state index is 0.548. The molecule has 2 saturated carbocycles. The highest BCUT2D eigenvalue weighted by atomic mass is 14.5. The van der Waals surface area contributed by atoms with Crippen LogP contribution < -0.4 is 0 Å². The second-order valence-electron chi connectivity index (χ2n) is 8.79. The van der Waals surface area contributed by atoms with Gasteiger partial charge in [0.25, 0.3) is 0 Å². The fourth-order valence-electron chi connectivity index (χ4n) is 3.29. The predicted octanol–water partition coefficient (Wildman–Crippen LogP) is 8.74. The Kier molecular flexibility index (Phi) is 15.8. The Morgan fingerprint density at radius 2 is 1.22 bits per heavy atom. The van der Waals surface area contributed by atoms with E-state index in [1.807, 2.05) is 13.8 Å². The van der Waals surface area contributed by atoms with Gasteiger partial charge in [0, 0.05) is 0 Å². The number of hydrogen-bond acceptors (Lipinski definition) is 0. The van der Waals surface area contributed by atoms with Gasteiger partial charge in [-0.1, -0.05) is 114 Å². The molecule has 0 aromatic carbocycles. The molecule has 0 aliphatic heterocycles. The maximum absolute atomic E-state index is 2.39. The lowest BCUT2D eigenvalue weighted by Crippen LogP contribution is -2.40. The zero-order chi connectivity index (χ0) is 18.5. The highest BCUT2D eigenvalue weighted by Gasteiger charge is 2.41. The quantitative estimate of drug-likeness (QED) is 0.455. The first-order valence-corrected chi connectivity index (χ1v) is 10.7. The molecule has 0 nitrogen and oxygen atoms in total. The SMILES string of the molecule is CC.CC1CC(C(C)(C)C)C1C.CC1CCC1.CCCCCC. The first-order valence-electron chi connectivity index (χ1n) is 10.7. The maximum Gasteiger partial charge on any atom is -0.0334 e. The van der Waals surface area contributed by atoms with Crippen molar-refractivity contribution in [2.24, 2.45) is 29.1 Å². The van der Waals surface area contributed by atoms with E-state index in [9.17, 15) is 0 Å². The summed E-state index contributed by atoms with van der Waals surface area (Å²) in [5, 5.41) is 0. The summed E-state index contributed by atoms with van der Waals surface area (Å²) in [5.41, 5.74) is 0.548. The number of unbranched alkanes of at least 4 members (excludes halogenated alkanes) is 3. The Balaban J connectivity index is 0. The fraction of sp³-hybridized carbons (Fsp3) is 1.00. The third-order valence-corrected chi connectivity index (χ3v) is 5.62. The Morgan fingerprint density at radius 1 is 0.826 bits per heavy atom. The van der Waals surface area contributed by atoms with Gasteiger partial charge in [-0.05, 0) is 35.5 Å². The van der Waals surface area contributed by atoms with Crippen molar-refractivity contribution in [1.82, 2.24) is 0 Å². The maximum atomic E-state index is 2.39. The van der Waals surface area contributed by atoms with Crippen LogP contribution in [-0.2, 0) is 0 Å². The molecule has 0 aromatic rings. The molecule has 0 bridgehead atoms. The number of rotatable bonds is 3. The standard InChI is InChI=1S/C10H20.C6H14.C5H10.C2H6/c1-7-6-9(8(7)2)10(3,4)5;1-3-5-6-4-2;1-5-3-2-4-5;1-2/h7-9H,6H2,1-5H3;3-6H2,1-2H3;5H,2-4H2,1H3;1-2H3. The van der Waals surface area contributed by atoms with Crippen LogP contribution in [0.4, 0.5) is 0 Å². The zero-order valence-corrected chi connectivity index (χ0v) is 18.5. The van der Waals surface area contributed by atoms with Crippen LogP contribution in [-0.4, -0.2) is 0 Å². The molecule has 0 saturated heterocycles. The first-order chi connectivity index (χ1) is 10.7. The third kappa shape index (κ3) is 12.1. The topological polar surface area (TPSA) is 0 Å². The van der Waals surface area contributed by atoms with Gasteiger partial charge in [0.1, 0.15) is 0 Å². The molecule has 142 valence electrons. The Bertz CT molecular complexity index is 227. The van der Waals surface area contributed by atoms with Crippen LogP contribution in [0.2, 0.25) is 0 Å². The van der Waals surface area contributed by atoms with Gasteiger partial charge in [-0.25, -0.2) is 0 Å². The van der Waals surface area contributed by atoms with E-state index in [0.717, 1.165) is 23.7 Å². The molecule has 0 aromatic heterocycles. The zero-order valence-electron chi connectivity index (χ0n) is 18.5. The molecule has 0 radical (unpaired) electrons. The van der Waals surface area contributed by atoms with Gasteiger partial charge in [-0.2, -0.15) is 0 Å². The van der Waals surface area contributed by atoms with Crippen LogP contribution >= 0.6 is 0 Å². The number of hydrogen-bond donors (Lipinski definition) is 0. The van der Waals surface area contributed by atoms with Crippen molar-refractivity contribution in [3.8, 4) is 0 Å². The van der Waals surface area contributed by atoms with Crippen molar-refractivity contribution < 1.29 is 0 Å². The summed E-state index contributed by atoms with van der Waals surface area (Å²) >= 11 is 0. The molecule has 0 spiro atoms.